The highest BCUT2D eigenvalue weighted by Crippen LogP contribution is 2.04. The first-order valence-electron chi connectivity index (χ1n) is 7.91. The molecule has 0 spiro atoms. The van der Waals surface area contributed by atoms with Gasteiger partial charge in [0.15, 0.2) is 0 Å². The summed E-state index contributed by atoms with van der Waals surface area (Å²) < 4.78 is 0. The fourth-order valence-electron chi connectivity index (χ4n) is 1.94. The highest BCUT2D eigenvalue weighted by atomic mass is 32.1. The Morgan fingerprint density at radius 2 is 1.60 bits per heavy atom. The summed E-state index contributed by atoms with van der Waals surface area (Å²) in [5.74, 6) is -3.11. The fraction of sp³-hybridized carbons (Fsp3) is 0.714. The summed E-state index contributed by atoms with van der Waals surface area (Å²) >= 11 is 3.92. The number of hydrogen-bond acceptors (Lipinski definition) is 7. The number of rotatable bonds is 13. The average molecular weight is 377 g/mol. The lowest BCUT2D eigenvalue weighted by molar-refractivity contribution is -0.142. The van der Waals surface area contributed by atoms with Crippen molar-refractivity contribution in [3.8, 4) is 0 Å². The lowest BCUT2D eigenvalue weighted by Crippen LogP contribution is -2.54. The Kier molecular flexibility index (Phi) is 11.6. The SMILES string of the molecule is NCCCC[C@H](NC(=O)[C@@H](N)CS)C(=O)N[C@@H](CCC(N)=O)C(=O)O. The third-order valence-corrected chi connectivity index (χ3v) is 3.80. The van der Waals surface area contributed by atoms with Gasteiger partial charge in [0, 0.05) is 12.2 Å². The molecule has 0 fully saturated rings. The Hall–Kier alpha value is -1.85. The zero-order valence-corrected chi connectivity index (χ0v) is 14.8. The first-order valence-corrected chi connectivity index (χ1v) is 8.54. The summed E-state index contributed by atoms with van der Waals surface area (Å²) in [5.41, 5.74) is 16.0. The average Bonchev–Trinajstić information content (AvgIpc) is 2.56. The molecule has 0 heterocycles. The van der Waals surface area contributed by atoms with Crippen LogP contribution in [0.1, 0.15) is 32.1 Å². The molecule has 0 radical (unpaired) electrons. The molecule has 11 heteroatoms. The van der Waals surface area contributed by atoms with Gasteiger partial charge in [0.1, 0.15) is 12.1 Å². The number of unbranched alkanes of at least 4 members (excludes halogenated alkanes) is 1. The van der Waals surface area contributed by atoms with Gasteiger partial charge >= 0.3 is 5.97 Å². The zero-order chi connectivity index (χ0) is 19.4. The van der Waals surface area contributed by atoms with Crippen LogP contribution in [-0.2, 0) is 19.2 Å². The topological polar surface area (TPSA) is 191 Å². The largest absolute Gasteiger partial charge is 0.480 e. The van der Waals surface area contributed by atoms with Gasteiger partial charge in [0.2, 0.25) is 17.7 Å². The number of carbonyl (C=O) groups is 4. The van der Waals surface area contributed by atoms with Crippen LogP contribution in [-0.4, -0.2) is 59.2 Å². The van der Waals surface area contributed by atoms with E-state index in [1.165, 1.54) is 0 Å². The molecule has 0 aliphatic rings. The fourth-order valence-corrected chi connectivity index (χ4v) is 2.11. The number of primary amides is 1. The summed E-state index contributed by atoms with van der Waals surface area (Å²) in [4.78, 5) is 46.2. The first kappa shape index (κ1) is 23.1. The minimum absolute atomic E-state index is 0.0966. The number of nitrogens with two attached hydrogens (primary N) is 3. The van der Waals surface area contributed by atoms with Crippen molar-refractivity contribution < 1.29 is 24.3 Å². The van der Waals surface area contributed by atoms with Crippen LogP contribution in [0.15, 0.2) is 0 Å². The van der Waals surface area contributed by atoms with Crippen LogP contribution in [0, 0.1) is 0 Å². The molecule has 3 atom stereocenters. The van der Waals surface area contributed by atoms with E-state index in [2.05, 4.69) is 23.3 Å². The Labute approximate surface area is 151 Å². The Bertz CT molecular complexity index is 477. The van der Waals surface area contributed by atoms with Gasteiger partial charge in [-0.3, -0.25) is 14.4 Å². The molecule has 10 nitrogen and oxygen atoms in total. The van der Waals surface area contributed by atoms with Crippen LogP contribution in [0.4, 0.5) is 0 Å². The van der Waals surface area contributed by atoms with Crippen molar-refractivity contribution in [1.82, 2.24) is 10.6 Å². The van der Waals surface area contributed by atoms with Crippen molar-refractivity contribution in [3.63, 3.8) is 0 Å². The number of nitrogens with one attached hydrogen (secondary N) is 2. The molecule has 0 aromatic carbocycles. The Morgan fingerprint density at radius 3 is 2.08 bits per heavy atom. The highest BCUT2D eigenvalue weighted by Gasteiger charge is 2.27. The van der Waals surface area contributed by atoms with Crippen LogP contribution in [0.25, 0.3) is 0 Å². The molecule has 0 unspecified atom stereocenters. The van der Waals surface area contributed by atoms with Gasteiger partial charge in [0.05, 0.1) is 6.04 Å². The van der Waals surface area contributed by atoms with Crippen molar-refractivity contribution in [2.75, 3.05) is 12.3 Å². The number of carboxylic acids is 1. The molecule has 0 aliphatic carbocycles. The van der Waals surface area contributed by atoms with Crippen LogP contribution < -0.4 is 27.8 Å². The molecule has 0 aliphatic heterocycles. The first-order chi connectivity index (χ1) is 11.7. The van der Waals surface area contributed by atoms with Gasteiger partial charge < -0.3 is 32.9 Å². The summed E-state index contributed by atoms with van der Waals surface area (Å²) in [6, 6.07) is -3.13. The van der Waals surface area contributed by atoms with Crippen molar-refractivity contribution in [3.05, 3.63) is 0 Å². The van der Waals surface area contributed by atoms with E-state index in [-0.39, 0.29) is 25.0 Å². The van der Waals surface area contributed by atoms with E-state index in [1.54, 1.807) is 0 Å². The molecule has 0 saturated heterocycles. The molecular weight excluding hydrogens is 350 g/mol. The lowest BCUT2D eigenvalue weighted by atomic mass is 10.1. The number of amides is 3. The predicted molar refractivity (Wildman–Crippen MR) is 94.7 cm³/mol. The van der Waals surface area contributed by atoms with Crippen molar-refractivity contribution >= 4 is 36.3 Å². The highest BCUT2D eigenvalue weighted by molar-refractivity contribution is 7.80. The molecular formula is C14H27N5O5S. The summed E-state index contributed by atoms with van der Waals surface area (Å²) in [7, 11) is 0. The van der Waals surface area contributed by atoms with Gasteiger partial charge in [-0.1, -0.05) is 0 Å². The molecule has 25 heavy (non-hydrogen) atoms. The van der Waals surface area contributed by atoms with E-state index < -0.39 is 41.8 Å². The summed E-state index contributed by atoms with van der Waals surface area (Å²) in [5, 5.41) is 13.9. The third kappa shape index (κ3) is 9.89. The second-order valence-electron chi connectivity index (χ2n) is 5.54. The molecule has 0 rings (SSSR count). The van der Waals surface area contributed by atoms with E-state index in [9.17, 15) is 19.2 Å². The molecule has 3 amide bonds. The van der Waals surface area contributed by atoms with Crippen LogP contribution >= 0.6 is 12.6 Å². The summed E-state index contributed by atoms with van der Waals surface area (Å²) in [6.45, 7) is 0.425. The standard InChI is InChI=1S/C14H27N5O5S/c15-6-2-1-3-9(18-12(21)8(16)7-25)13(22)19-10(14(23)24)4-5-11(17)20/h8-10,25H,1-7,15-16H2,(H2,17,20)(H,18,21)(H,19,22)(H,23,24)/t8-,9-,10-/m0/s1. The van der Waals surface area contributed by atoms with Gasteiger partial charge in [0.25, 0.3) is 0 Å². The van der Waals surface area contributed by atoms with Gasteiger partial charge in [-0.05, 0) is 32.2 Å². The van der Waals surface area contributed by atoms with E-state index in [0.29, 0.717) is 19.4 Å². The molecule has 0 aromatic heterocycles. The smallest absolute Gasteiger partial charge is 0.326 e. The normalized spacial score (nSPS) is 14.2. The van der Waals surface area contributed by atoms with Crippen LogP contribution in [0.3, 0.4) is 0 Å². The molecule has 144 valence electrons. The van der Waals surface area contributed by atoms with Crippen molar-refractivity contribution in [2.45, 2.75) is 50.2 Å². The number of aliphatic carboxylic acids is 1. The van der Waals surface area contributed by atoms with E-state index >= 15 is 0 Å². The van der Waals surface area contributed by atoms with Gasteiger partial charge in [-0.25, -0.2) is 4.79 Å². The van der Waals surface area contributed by atoms with Gasteiger partial charge in [-0.15, -0.1) is 0 Å². The quantitative estimate of drug-likeness (QED) is 0.138. The van der Waals surface area contributed by atoms with E-state index in [1.807, 2.05) is 0 Å². The molecule has 0 bridgehead atoms. The maximum Gasteiger partial charge on any atom is 0.326 e. The predicted octanol–water partition coefficient (Wildman–Crippen LogP) is -2.31. The number of thiol groups is 1. The number of carbonyl (C=O) groups excluding carboxylic acids is 3. The van der Waals surface area contributed by atoms with Crippen LogP contribution in [0.5, 0.6) is 0 Å². The zero-order valence-electron chi connectivity index (χ0n) is 13.9. The van der Waals surface area contributed by atoms with E-state index in [4.69, 9.17) is 22.3 Å². The third-order valence-electron chi connectivity index (χ3n) is 3.41. The monoisotopic (exact) mass is 377 g/mol. The lowest BCUT2D eigenvalue weighted by Gasteiger charge is -2.22. The second kappa shape index (κ2) is 12.5. The molecule has 9 N–H and O–H groups in total. The Balaban J connectivity index is 4.93. The maximum absolute atomic E-state index is 12.3. The number of hydrogen-bond donors (Lipinski definition) is 7. The summed E-state index contributed by atoms with van der Waals surface area (Å²) in [6.07, 6.45) is 1.14. The minimum Gasteiger partial charge on any atom is -0.480 e. The van der Waals surface area contributed by atoms with Crippen molar-refractivity contribution in [2.24, 2.45) is 17.2 Å². The minimum atomic E-state index is -1.30. The van der Waals surface area contributed by atoms with Crippen LogP contribution in [0.2, 0.25) is 0 Å². The molecule has 0 saturated carbocycles. The maximum atomic E-state index is 12.3. The van der Waals surface area contributed by atoms with E-state index in [0.717, 1.165) is 0 Å². The Morgan fingerprint density at radius 1 is 1.00 bits per heavy atom. The van der Waals surface area contributed by atoms with Gasteiger partial charge in [-0.2, -0.15) is 12.6 Å². The van der Waals surface area contributed by atoms with Crippen molar-refractivity contribution in [1.29, 1.82) is 0 Å². The second-order valence-corrected chi connectivity index (χ2v) is 5.90. The number of carboxylic acid groups (broad SMARTS) is 1. The molecule has 0 aromatic rings.